The van der Waals surface area contributed by atoms with Crippen molar-refractivity contribution < 1.29 is 32.3 Å². The van der Waals surface area contributed by atoms with Gasteiger partial charge in [0.05, 0.1) is 12.3 Å². The third-order valence-electron chi connectivity index (χ3n) is 3.89. The fourth-order valence-electron chi connectivity index (χ4n) is 2.53. The number of rotatable bonds is 6. The van der Waals surface area contributed by atoms with Crippen molar-refractivity contribution in [3.05, 3.63) is 59.7 Å². The van der Waals surface area contributed by atoms with Crippen LogP contribution >= 0.6 is 11.8 Å². The first-order valence-corrected chi connectivity index (χ1v) is 9.37. The summed E-state index contributed by atoms with van der Waals surface area (Å²) in [6, 6.07) is 12.0. The van der Waals surface area contributed by atoms with E-state index in [-0.39, 0.29) is 29.2 Å². The number of alkyl halides is 3. The maximum atomic E-state index is 12.4. The number of benzene rings is 2. The predicted molar refractivity (Wildman–Crippen MR) is 101 cm³/mol. The smallest absolute Gasteiger partial charge is 0.422 e. The van der Waals surface area contributed by atoms with Crippen LogP contribution in [0.3, 0.4) is 0 Å². The average molecular weight is 424 g/mol. The number of thioether (sulfide) groups is 1. The minimum atomic E-state index is -4.43. The van der Waals surface area contributed by atoms with Gasteiger partial charge in [0.1, 0.15) is 5.75 Å². The molecule has 6 nitrogen and oxygen atoms in total. The number of ether oxygens (including phenoxy) is 1. The van der Waals surface area contributed by atoms with Crippen LogP contribution in [0.1, 0.15) is 15.9 Å². The van der Waals surface area contributed by atoms with Crippen LogP contribution in [0.25, 0.3) is 0 Å². The molecule has 1 N–H and O–H groups in total. The van der Waals surface area contributed by atoms with E-state index in [9.17, 15) is 27.6 Å². The van der Waals surface area contributed by atoms with Crippen molar-refractivity contribution in [1.82, 2.24) is 4.90 Å². The van der Waals surface area contributed by atoms with E-state index in [1.54, 1.807) is 24.3 Å². The van der Waals surface area contributed by atoms with Gasteiger partial charge < -0.3 is 10.1 Å². The molecule has 3 rings (SSSR count). The van der Waals surface area contributed by atoms with Crippen LogP contribution in [-0.4, -0.2) is 40.5 Å². The van der Waals surface area contributed by atoms with Gasteiger partial charge in [-0.2, -0.15) is 13.2 Å². The summed E-state index contributed by atoms with van der Waals surface area (Å²) in [5.41, 5.74) is 1.31. The summed E-state index contributed by atoms with van der Waals surface area (Å²) in [4.78, 5) is 37.0. The molecule has 0 spiro atoms. The topological polar surface area (TPSA) is 75.7 Å². The van der Waals surface area contributed by atoms with Crippen molar-refractivity contribution in [3.8, 4) is 5.75 Å². The number of hydrogen-bond donors (Lipinski definition) is 1. The highest BCUT2D eigenvalue weighted by Gasteiger charge is 2.30. The Balaban J connectivity index is 1.62. The van der Waals surface area contributed by atoms with Gasteiger partial charge in [-0.3, -0.25) is 19.3 Å². The number of halogens is 3. The van der Waals surface area contributed by atoms with Crippen LogP contribution in [0, 0.1) is 0 Å². The predicted octanol–water partition coefficient (Wildman–Crippen LogP) is 4.08. The molecule has 0 radical (unpaired) electrons. The third-order valence-corrected chi connectivity index (χ3v) is 4.74. The maximum absolute atomic E-state index is 12.4. The summed E-state index contributed by atoms with van der Waals surface area (Å²) in [5.74, 6) is -0.575. The van der Waals surface area contributed by atoms with Crippen LogP contribution < -0.4 is 10.1 Å². The number of amides is 3. The first-order chi connectivity index (χ1) is 13.7. The van der Waals surface area contributed by atoms with Crippen molar-refractivity contribution >= 4 is 34.5 Å². The molecule has 29 heavy (non-hydrogen) atoms. The fraction of sp³-hybridized carbons (Fsp3) is 0.211. The molecule has 10 heteroatoms. The van der Waals surface area contributed by atoms with Crippen molar-refractivity contribution in [2.75, 3.05) is 17.7 Å². The zero-order chi connectivity index (χ0) is 21.0. The SMILES string of the molecule is O=C(Nc1ccc(OCC(F)(F)F)cc1)c1cccc(CN2C(=O)CSC2=O)c1. The van der Waals surface area contributed by atoms with Gasteiger partial charge in [-0.1, -0.05) is 23.9 Å². The first-order valence-electron chi connectivity index (χ1n) is 8.38. The van der Waals surface area contributed by atoms with E-state index in [4.69, 9.17) is 0 Å². The third kappa shape index (κ3) is 5.74. The standard InChI is InChI=1S/C19H15F3N2O4S/c20-19(21,22)11-28-15-6-4-14(5-7-15)23-17(26)13-3-1-2-12(8-13)9-24-16(25)10-29-18(24)27/h1-8H,9-11H2,(H,23,26). The van der Waals surface area contributed by atoms with E-state index in [0.717, 1.165) is 16.7 Å². The molecule has 152 valence electrons. The summed E-state index contributed by atoms with van der Waals surface area (Å²) in [6.07, 6.45) is -4.43. The van der Waals surface area contributed by atoms with Gasteiger partial charge in [0.2, 0.25) is 5.91 Å². The van der Waals surface area contributed by atoms with Crippen LogP contribution in [0.4, 0.5) is 23.7 Å². The Labute approximate surface area is 168 Å². The number of imide groups is 1. The second kappa shape index (κ2) is 8.56. The van der Waals surface area contributed by atoms with E-state index < -0.39 is 18.7 Å². The maximum Gasteiger partial charge on any atom is 0.422 e. The van der Waals surface area contributed by atoms with Crippen LogP contribution in [0.5, 0.6) is 5.75 Å². The second-order valence-electron chi connectivity index (χ2n) is 6.12. The number of anilines is 1. The molecule has 0 aromatic heterocycles. The number of hydrogen-bond acceptors (Lipinski definition) is 5. The van der Waals surface area contributed by atoms with E-state index in [1.807, 2.05) is 0 Å². The molecule has 3 amide bonds. The number of carbonyl (C=O) groups excluding carboxylic acids is 3. The summed E-state index contributed by atoms with van der Waals surface area (Å²) >= 11 is 0.936. The molecule has 1 saturated heterocycles. The Morgan fingerprint density at radius 3 is 2.48 bits per heavy atom. The Bertz CT molecular complexity index is 916. The van der Waals surface area contributed by atoms with Gasteiger partial charge in [0, 0.05) is 11.3 Å². The van der Waals surface area contributed by atoms with Crippen LogP contribution in [-0.2, 0) is 11.3 Å². The number of nitrogens with one attached hydrogen (secondary N) is 1. The molecule has 2 aromatic rings. The first kappa shape index (κ1) is 20.7. The zero-order valence-corrected chi connectivity index (χ0v) is 15.7. The molecule has 1 aliphatic heterocycles. The lowest BCUT2D eigenvalue weighted by molar-refractivity contribution is -0.153. The quantitative estimate of drug-likeness (QED) is 0.757. The zero-order valence-electron chi connectivity index (χ0n) is 14.9. The van der Waals surface area contributed by atoms with E-state index >= 15 is 0 Å². The molecule has 0 saturated carbocycles. The highest BCUT2D eigenvalue weighted by atomic mass is 32.2. The summed E-state index contributed by atoms with van der Waals surface area (Å²) < 4.78 is 41.1. The van der Waals surface area contributed by atoms with Crippen molar-refractivity contribution in [2.45, 2.75) is 12.7 Å². The summed E-state index contributed by atoms with van der Waals surface area (Å²) in [6.45, 7) is -1.32. The van der Waals surface area contributed by atoms with E-state index in [0.29, 0.717) is 16.8 Å². The Kier molecular flexibility index (Phi) is 6.12. The molecule has 0 aliphatic carbocycles. The monoisotopic (exact) mass is 424 g/mol. The number of nitrogens with zero attached hydrogens (tertiary/aromatic N) is 1. The van der Waals surface area contributed by atoms with Gasteiger partial charge in [-0.05, 0) is 42.0 Å². The summed E-state index contributed by atoms with van der Waals surface area (Å²) in [7, 11) is 0. The van der Waals surface area contributed by atoms with Gasteiger partial charge >= 0.3 is 6.18 Å². The Hall–Kier alpha value is -3.01. The molecule has 0 atom stereocenters. The average Bonchev–Trinajstić information content (AvgIpc) is 2.99. The van der Waals surface area contributed by atoms with E-state index in [1.165, 1.54) is 24.3 Å². The molecule has 1 fully saturated rings. The highest BCUT2D eigenvalue weighted by molar-refractivity contribution is 8.14. The lowest BCUT2D eigenvalue weighted by Crippen LogP contribution is -2.28. The molecule has 1 heterocycles. The molecular weight excluding hydrogens is 409 g/mol. The second-order valence-corrected chi connectivity index (χ2v) is 7.04. The van der Waals surface area contributed by atoms with Gasteiger partial charge in [0.25, 0.3) is 11.1 Å². The van der Waals surface area contributed by atoms with Crippen molar-refractivity contribution in [3.63, 3.8) is 0 Å². The molecular formula is C19H15F3N2O4S. The normalized spacial score (nSPS) is 14.2. The van der Waals surface area contributed by atoms with Crippen molar-refractivity contribution in [2.24, 2.45) is 0 Å². The van der Waals surface area contributed by atoms with Crippen LogP contribution in [0.15, 0.2) is 48.5 Å². The minimum Gasteiger partial charge on any atom is -0.484 e. The van der Waals surface area contributed by atoms with Gasteiger partial charge in [-0.15, -0.1) is 0 Å². The highest BCUT2D eigenvalue weighted by Crippen LogP contribution is 2.23. The van der Waals surface area contributed by atoms with Gasteiger partial charge in [-0.25, -0.2) is 0 Å². The molecule has 1 aliphatic rings. The Morgan fingerprint density at radius 2 is 1.86 bits per heavy atom. The minimum absolute atomic E-state index is 0.0279. The number of carbonyl (C=O) groups is 3. The lowest BCUT2D eigenvalue weighted by atomic mass is 10.1. The largest absolute Gasteiger partial charge is 0.484 e. The fourth-order valence-corrected chi connectivity index (χ4v) is 3.26. The molecule has 2 aromatic carbocycles. The van der Waals surface area contributed by atoms with Gasteiger partial charge in [0.15, 0.2) is 6.61 Å². The van der Waals surface area contributed by atoms with E-state index in [2.05, 4.69) is 10.1 Å². The van der Waals surface area contributed by atoms with Crippen LogP contribution in [0.2, 0.25) is 0 Å². The molecule has 0 unspecified atom stereocenters. The lowest BCUT2D eigenvalue weighted by Gasteiger charge is -2.13. The Morgan fingerprint density at radius 1 is 1.14 bits per heavy atom. The summed E-state index contributed by atoms with van der Waals surface area (Å²) in [5, 5.41) is 2.31. The molecule has 0 bridgehead atoms. The van der Waals surface area contributed by atoms with Crippen molar-refractivity contribution in [1.29, 1.82) is 0 Å².